The number of hydrogen-bond donors (Lipinski definition) is 2. The monoisotopic (exact) mass is 238 g/mol. The van der Waals surface area contributed by atoms with Gasteiger partial charge in [-0.05, 0) is 31.9 Å². The Hall–Kier alpha value is -1.62. The topological polar surface area (TPSA) is 71.5 Å². The van der Waals surface area contributed by atoms with Gasteiger partial charge in [0, 0.05) is 26.0 Å². The lowest BCUT2D eigenvalue weighted by Gasteiger charge is -2.09. The summed E-state index contributed by atoms with van der Waals surface area (Å²) in [6.45, 7) is 3.25. The van der Waals surface area contributed by atoms with Crippen molar-refractivity contribution in [3.8, 4) is 0 Å². The van der Waals surface area contributed by atoms with Gasteiger partial charge in [0.25, 0.3) is 0 Å². The maximum absolute atomic E-state index is 11.0. The van der Waals surface area contributed by atoms with E-state index in [9.17, 15) is 4.79 Å². The number of aryl methyl sites for hydroxylation is 1. The van der Waals surface area contributed by atoms with Crippen LogP contribution in [-0.2, 0) is 4.74 Å². The molecule has 0 aliphatic carbocycles. The van der Waals surface area contributed by atoms with E-state index in [0.717, 1.165) is 18.5 Å². The van der Waals surface area contributed by atoms with Crippen molar-refractivity contribution in [2.24, 2.45) is 0 Å². The molecule has 0 bridgehead atoms. The Morgan fingerprint density at radius 1 is 1.47 bits per heavy atom. The lowest BCUT2D eigenvalue weighted by atomic mass is 10.2. The molecule has 5 nitrogen and oxygen atoms in total. The number of nitrogens with one attached hydrogen (secondary N) is 1. The van der Waals surface area contributed by atoms with Crippen molar-refractivity contribution in [1.29, 1.82) is 0 Å². The van der Waals surface area contributed by atoms with Crippen molar-refractivity contribution >= 4 is 11.8 Å². The Kier molecular flexibility index (Phi) is 5.42. The van der Waals surface area contributed by atoms with Crippen LogP contribution in [0.1, 0.15) is 28.9 Å². The number of unbranched alkanes of at least 4 members (excludes halogenated alkanes) is 1. The van der Waals surface area contributed by atoms with Crippen LogP contribution in [0.3, 0.4) is 0 Å². The lowest BCUT2D eigenvalue weighted by Crippen LogP contribution is -2.10. The van der Waals surface area contributed by atoms with Crippen LogP contribution in [0.5, 0.6) is 0 Å². The minimum atomic E-state index is -0.961. The maximum atomic E-state index is 11.0. The van der Waals surface area contributed by atoms with Crippen LogP contribution in [0.25, 0.3) is 0 Å². The van der Waals surface area contributed by atoms with E-state index in [1.807, 2.05) is 6.92 Å². The summed E-state index contributed by atoms with van der Waals surface area (Å²) < 4.78 is 4.94. The molecular formula is C12H18N2O3. The van der Waals surface area contributed by atoms with Crippen LogP contribution in [0.15, 0.2) is 12.1 Å². The highest BCUT2D eigenvalue weighted by molar-refractivity contribution is 5.93. The summed E-state index contributed by atoms with van der Waals surface area (Å²) in [5.74, 6) is -0.521. The van der Waals surface area contributed by atoms with Crippen LogP contribution < -0.4 is 5.32 Å². The summed E-state index contributed by atoms with van der Waals surface area (Å²) in [5.41, 5.74) is 1.01. The van der Waals surface area contributed by atoms with Gasteiger partial charge in [0.15, 0.2) is 0 Å². The molecule has 0 aromatic carbocycles. The van der Waals surface area contributed by atoms with E-state index in [1.165, 1.54) is 0 Å². The normalized spacial score (nSPS) is 10.2. The molecule has 0 fully saturated rings. The molecule has 17 heavy (non-hydrogen) atoms. The van der Waals surface area contributed by atoms with Crippen LogP contribution >= 0.6 is 0 Å². The molecule has 1 heterocycles. The van der Waals surface area contributed by atoms with E-state index >= 15 is 0 Å². The predicted molar refractivity (Wildman–Crippen MR) is 65.5 cm³/mol. The summed E-state index contributed by atoms with van der Waals surface area (Å²) in [7, 11) is 1.66. The molecule has 0 aliphatic heterocycles. The van der Waals surface area contributed by atoms with Gasteiger partial charge in [-0.25, -0.2) is 9.78 Å². The number of carboxylic acids is 1. The molecule has 5 heteroatoms. The summed E-state index contributed by atoms with van der Waals surface area (Å²) in [6.07, 6.45) is 1.86. The Morgan fingerprint density at radius 3 is 2.88 bits per heavy atom. The lowest BCUT2D eigenvalue weighted by molar-refractivity contribution is 0.0697. The Labute approximate surface area is 101 Å². The summed E-state index contributed by atoms with van der Waals surface area (Å²) >= 11 is 0. The SMILES string of the molecule is COCCCCNc1nc(C)ccc1C(=O)O. The van der Waals surface area contributed by atoms with Gasteiger partial charge in [0.1, 0.15) is 11.4 Å². The van der Waals surface area contributed by atoms with Crippen molar-refractivity contribution in [3.63, 3.8) is 0 Å². The van der Waals surface area contributed by atoms with E-state index in [2.05, 4.69) is 10.3 Å². The molecule has 1 aromatic heterocycles. The third-order valence-electron chi connectivity index (χ3n) is 2.33. The first-order valence-corrected chi connectivity index (χ1v) is 5.59. The third kappa shape index (κ3) is 4.40. The average Bonchev–Trinajstić information content (AvgIpc) is 2.28. The highest BCUT2D eigenvalue weighted by atomic mass is 16.5. The van der Waals surface area contributed by atoms with E-state index in [1.54, 1.807) is 19.2 Å². The first kappa shape index (κ1) is 13.4. The molecule has 1 aromatic rings. The number of nitrogens with zero attached hydrogens (tertiary/aromatic N) is 1. The van der Waals surface area contributed by atoms with Crippen LogP contribution in [0.4, 0.5) is 5.82 Å². The zero-order valence-corrected chi connectivity index (χ0v) is 10.2. The maximum Gasteiger partial charge on any atom is 0.339 e. The molecule has 0 aliphatic rings. The minimum Gasteiger partial charge on any atom is -0.478 e. The molecular weight excluding hydrogens is 220 g/mol. The molecule has 94 valence electrons. The summed E-state index contributed by atoms with van der Waals surface area (Å²) in [6, 6.07) is 3.27. The molecule has 0 atom stereocenters. The van der Waals surface area contributed by atoms with Gasteiger partial charge >= 0.3 is 5.97 Å². The Morgan fingerprint density at radius 2 is 2.24 bits per heavy atom. The van der Waals surface area contributed by atoms with Gasteiger partial charge in [-0.15, -0.1) is 0 Å². The Balaban J connectivity index is 2.56. The number of aromatic carboxylic acids is 1. The van der Waals surface area contributed by atoms with Crippen molar-refractivity contribution in [1.82, 2.24) is 4.98 Å². The predicted octanol–water partition coefficient (Wildman–Crippen LogP) is 1.93. The standard InChI is InChI=1S/C12H18N2O3/c1-9-5-6-10(12(15)16)11(14-9)13-7-3-4-8-17-2/h5-6H,3-4,7-8H2,1-2H3,(H,13,14)(H,15,16). The van der Waals surface area contributed by atoms with Crippen molar-refractivity contribution in [2.45, 2.75) is 19.8 Å². The van der Waals surface area contributed by atoms with E-state index in [4.69, 9.17) is 9.84 Å². The van der Waals surface area contributed by atoms with Crippen molar-refractivity contribution in [3.05, 3.63) is 23.4 Å². The van der Waals surface area contributed by atoms with E-state index in [0.29, 0.717) is 19.0 Å². The molecule has 0 spiro atoms. The third-order valence-corrected chi connectivity index (χ3v) is 2.33. The smallest absolute Gasteiger partial charge is 0.339 e. The number of rotatable bonds is 7. The second-order valence-corrected chi connectivity index (χ2v) is 3.78. The van der Waals surface area contributed by atoms with Crippen LogP contribution in [-0.4, -0.2) is 36.3 Å². The van der Waals surface area contributed by atoms with Gasteiger partial charge in [-0.3, -0.25) is 0 Å². The largest absolute Gasteiger partial charge is 0.478 e. The zero-order chi connectivity index (χ0) is 12.7. The highest BCUT2D eigenvalue weighted by Crippen LogP contribution is 2.13. The minimum absolute atomic E-state index is 0.211. The number of aromatic nitrogens is 1. The first-order valence-electron chi connectivity index (χ1n) is 5.59. The number of carboxylic acid groups (broad SMARTS) is 1. The number of hydrogen-bond acceptors (Lipinski definition) is 4. The fourth-order valence-corrected chi connectivity index (χ4v) is 1.44. The van der Waals surface area contributed by atoms with Crippen molar-refractivity contribution < 1.29 is 14.6 Å². The van der Waals surface area contributed by atoms with Crippen LogP contribution in [0, 0.1) is 6.92 Å². The number of pyridine rings is 1. The molecule has 0 saturated heterocycles. The Bertz CT molecular complexity index is 380. The molecule has 0 unspecified atom stereocenters. The van der Waals surface area contributed by atoms with Gasteiger partial charge in [0.05, 0.1) is 0 Å². The molecule has 1 rings (SSSR count). The fraction of sp³-hybridized carbons (Fsp3) is 0.500. The van der Waals surface area contributed by atoms with Gasteiger partial charge < -0.3 is 15.2 Å². The number of anilines is 1. The summed E-state index contributed by atoms with van der Waals surface area (Å²) in [5, 5.41) is 12.0. The van der Waals surface area contributed by atoms with E-state index < -0.39 is 5.97 Å². The summed E-state index contributed by atoms with van der Waals surface area (Å²) in [4.78, 5) is 15.2. The van der Waals surface area contributed by atoms with Gasteiger partial charge in [0.2, 0.25) is 0 Å². The second kappa shape index (κ2) is 6.85. The van der Waals surface area contributed by atoms with Gasteiger partial charge in [-0.1, -0.05) is 0 Å². The molecule has 0 amide bonds. The zero-order valence-electron chi connectivity index (χ0n) is 10.2. The molecule has 0 saturated carbocycles. The number of carbonyl (C=O) groups is 1. The molecule has 0 radical (unpaired) electrons. The second-order valence-electron chi connectivity index (χ2n) is 3.78. The first-order chi connectivity index (χ1) is 8.15. The average molecular weight is 238 g/mol. The van der Waals surface area contributed by atoms with Crippen molar-refractivity contribution in [2.75, 3.05) is 25.6 Å². The molecule has 2 N–H and O–H groups in total. The van der Waals surface area contributed by atoms with E-state index in [-0.39, 0.29) is 5.56 Å². The highest BCUT2D eigenvalue weighted by Gasteiger charge is 2.10. The fourth-order valence-electron chi connectivity index (χ4n) is 1.44. The number of ether oxygens (including phenoxy) is 1. The quantitative estimate of drug-likeness (QED) is 0.710. The van der Waals surface area contributed by atoms with Gasteiger partial charge in [-0.2, -0.15) is 0 Å². The van der Waals surface area contributed by atoms with Crippen LogP contribution in [0.2, 0.25) is 0 Å². The number of methoxy groups -OCH3 is 1.